The van der Waals surface area contributed by atoms with Gasteiger partial charge in [-0.3, -0.25) is 9.69 Å². The molecule has 0 radical (unpaired) electrons. The van der Waals surface area contributed by atoms with Crippen LogP contribution in [0.5, 0.6) is 11.5 Å². The van der Waals surface area contributed by atoms with Crippen LogP contribution < -0.4 is 14.8 Å². The number of hydrogen-bond donors (Lipinski definition) is 1. The summed E-state index contributed by atoms with van der Waals surface area (Å²) in [5.41, 5.74) is 2.21. The van der Waals surface area contributed by atoms with Crippen LogP contribution in [0.15, 0.2) is 18.2 Å². The summed E-state index contributed by atoms with van der Waals surface area (Å²) in [6.45, 7) is -2.50. The summed E-state index contributed by atoms with van der Waals surface area (Å²) in [5, 5.41) is 3.39. The van der Waals surface area contributed by atoms with Gasteiger partial charge in [-0.15, -0.1) is 11.3 Å². The molecule has 1 amide bonds. The van der Waals surface area contributed by atoms with E-state index in [1.54, 1.807) is 24.1 Å². The number of nitrogens with one attached hydrogen (secondary N) is 1. The van der Waals surface area contributed by atoms with Gasteiger partial charge in [0.1, 0.15) is 5.00 Å². The van der Waals surface area contributed by atoms with Gasteiger partial charge in [0, 0.05) is 11.4 Å². The fourth-order valence-corrected chi connectivity index (χ4v) is 5.05. The first-order valence-electron chi connectivity index (χ1n) is 10.1. The lowest BCUT2D eigenvalue weighted by Crippen LogP contribution is -2.30. The van der Waals surface area contributed by atoms with Crippen molar-refractivity contribution in [3.63, 3.8) is 0 Å². The van der Waals surface area contributed by atoms with E-state index in [1.165, 1.54) is 31.6 Å². The number of amides is 1. The number of ether oxygens (including phenoxy) is 3. The standard InChI is InChI=1S/C22H26F2N2O5S/c1-26(11-13-8-9-15(31-22(23)24)16(10-13)29-2)12-18(27)25-20-19(21(28)30-3)14-6-4-5-7-17(14)32-20/h8-10,22H,4-7,11-12H2,1-3H3,(H,25,27). The summed E-state index contributed by atoms with van der Waals surface area (Å²) in [6, 6.07) is 4.64. The molecule has 7 nitrogen and oxygen atoms in total. The molecule has 3 rings (SSSR count). The number of carbonyl (C=O) groups excluding carboxylic acids is 2. The van der Waals surface area contributed by atoms with Crippen LogP contribution in [0.1, 0.15) is 39.2 Å². The second-order valence-electron chi connectivity index (χ2n) is 7.49. The summed E-state index contributed by atoms with van der Waals surface area (Å²) < 4.78 is 39.5. The number of halogens is 2. The molecule has 1 N–H and O–H groups in total. The van der Waals surface area contributed by atoms with Crippen molar-refractivity contribution in [2.75, 3.05) is 33.1 Å². The zero-order chi connectivity index (χ0) is 23.3. The van der Waals surface area contributed by atoms with E-state index in [2.05, 4.69) is 10.1 Å². The Hall–Kier alpha value is -2.72. The highest BCUT2D eigenvalue weighted by Gasteiger charge is 2.27. The number of anilines is 1. The Kier molecular flexibility index (Phi) is 8.03. The fourth-order valence-electron chi connectivity index (χ4n) is 3.75. The number of aryl methyl sites for hydroxylation is 1. The number of alkyl halides is 2. The van der Waals surface area contributed by atoms with Crippen molar-refractivity contribution in [2.24, 2.45) is 0 Å². The Morgan fingerprint density at radius 3 is 2.62 bits per heavy atom. The minimum Gasteiger partial charge on any atom is -0.493 e. The average molecular weight is 469 g/mol. The first-order valence-corrected chi connectivity index (χ1v) is 11.0. The van der Waals surface area contributed by atoms with Crippen molar-refractivity contribution in [1.82, 2.24) is 4.90 Å². The van der Waals surface area contributed by atoms with Gasteiger partial charge in [0.15, 0.2) is 11.5 Å². The minimum atomic E-state index is -2.95. The number of esters is 1. The van der Waals surface area contributed by atoms with Gasteiger partial charge in [-0.2, -0.15) is 8.78 Å². The molecule has 1 aliphatic rings. The summed E-state index contributed by atoms with van der Waals surface area (Å²) in [7, 11) is 4.46. The Labute approximate surface area is 189 Å². The largest absolute Gasteiger partial charge is 0.493 e. The quantitative estimate of drug-likeness (QED) is 0.559. The van der Waals surface area contributed by atoms with Crippen molar-refractivity contribution in [2.45, 2.75) is 38.8 Å². The number of hydrogen-bond acceptors (Lipinski definition) is 7. The SMILES string of the molecule is COC(=O)c1c(NC(=O)CN(C)Cc2ccc(OC(F)F)c(OC)c2)sc2c1CCCC2. The molecule has 1 aromatic heterocycles. The molecular formula is C22H26F2N2O5S. The Bertz CT molecular complexity index is 979. The lowest BCUT2D eigenvalue weighted by atomic mass is 9.95. The number of carbonyl (C=O) groups is 2. The number of likely N-dealkylation sites (N-methyl/N-ethyl adjacent to an activating group) is 1. The molecule has 174 valence electrons. The molecule has 32 heavy (non-hydrogen) atoms. The molecule has 1 aliphatic carbocycles. The topological polar surface area (TPSA) is 77.1 Å². The van der Waals surface area contributed by atoms with E-state index in [4.69, 9.17) is 9.47 Å². The number of methoxy groups -OCH3 is 2. The predicted octanol–water partition coefficient (Wildman–Crippen LogP) is 4.09. The average Bonchev–Trinajstić information content (AvgIpc) is 3.11. The van der Waals surface area contributed by atoms with E-state index in [-0.39, 0.29) is 24.0 Å². The molecule has 2 aromatic rings. The molecule has 0 saturated carbocycles. The lowest BCUT2D eigenvalue weighted by Gasteiger charge is -2.18. The normalized spacial score (nSPS) is 13.1. The van der Waals surface area contributed by atoms with E-state index < -0.39 is 12.6 Å². The summed E-state index contributed by atoms with van der Waals surface area (Å²) in [5.74, 6) is -0.566. The van der Waals surface area contributed by atoms with Gasteiger partial charge in [0.25, 0.3) is 0 Å². The van der Waals surface area contributed by atoms with Gasteiger partial charge in [-0.05, 0) is 56.0 Å². The van der Waals surface area contributed by atoms with Crippen LogP contribution in [0.3, 0.4) is 0 Å². The molecule has 0 atom stereocenters. The monoisotopic (exact) mass is 468 g/mol. The summed E-state index contributed by atoms with van der Waals surface area (Å²) in [6.07, 6.45) is 3.77. The molecule has 0 aliphatic heterocycles. The van der Waals surface area contributed by atoms with E-state index >= 15 is 0 Å². The maximum Gasteiger partial charge on any atom is 0.387 e. The van der Waals surface area contributed by atoms with Gasteiger partial charge in [0.05, 0.1) is 26.3 Å². The second kappa shape index (κ2) is 10.7. The van der Waals surface area contributed by atoms with Gasteiger partial charge in [-0.1, -0.05) is 6.07 Å². The van der Waals surface area contributed by atoms with E-state index in [1.807, 2.05) is 0 Å². The smallest absolute Gasteiger partial charge is 0.387 e. The van der Waals surface area contributed by atoms with Crippen molar-refractivity contribution in [3.8, 4) is 11.5 Å². The number of fused-ring (bicyclic) bond motifs is 1. The fraction of sp³-hybridized carbons (Fsp3) is 0.455. The van der Waals surface area contributed by atoms with Crippen molar-refractivity contribution in [1.29, 1.82) is 0 Å². The Balaban J connectivity index is 1.66. The summed E-state index contributed by atoms with van der Waals surface area (Å²) >= 11 is 1.43. The third-order valence-electron chi connectivity index (χ3n) is 5.12. The van der Waals surface area contributed by atoms with Crippen LogP contribution in [-0.4, -0.2) is 51.2 Å². The minimum absolute atomic E-state index is 0.0522. The first-order chi connectivity index (χ1) is 15.3. The van der Waals surface area contributed by atoms with Crippen LogP contribution in [-0.2, 0) is 28.9 Å². The maximum atomic E-state index is 12.7. The van der Waals surface area contributed by atoms with Crippen LogP contribution in [0.2, 0.25) is 0 Å². The van der Waals surface area contributed by atoms with Crippen molar-refractivity contribution in [3.05, 3.63) is 39.8 Å². The highest BCUT2D eigenvalue weighted by Crippen LogP contribution is 2.38. The van der Waals surface area contributed by atoms with Crippen LogP contribution in [0.25, 0.3) is 0 Å². The van der Waals surface area contributed by atoms with Crippen LogP contribution in [0, 0.1) is 0 Å². The molecule has 1 heterocycles. The zero-order valence-corrected chi connectivity index (χ0v) is 19.0. The number of thiophene rings is 1. The summed E-state index contributed by atoms with van der Waals surface area (Å²) in [4.78, 5) is 27.9. The molecular weight excluding hydrogens is 442 g/mol. The molecule has 0 saturated heterocycles. The van der Waals surface area contributed by atoms with Crippen molar-refractivity contribution >= 4 is 28.2 Å². The van der Waals surface area contributed by atoms with Gasteiger partial charge in [0.2, 0.25) is 5.91 Å². The van der Waals surface area contributed by atoms with E-state index in [0.717, 1.165) is 41.7 Å². The third-order valence-corrected chi connectivity index (χ3v) is 6.33. The van der Waals surface area contributed by atoms with E-state index in [0.29, 0.717) is 17.1 Å². The predicted molar refractivity (Wildman–Crippen MR) is 117 cm³/mol. The second-order valence-corrected chi connectivity index (χ2v) is 8.60. The molecule has 0 unspecified atom stereocenters. The molecule has 0 fully saturated rings. The van der Waals surface area contributed by atoms with Crippen LogP contribution >= 0.6 is 11.3 Å². The zero-order valence-electron chi connectivity index (χ0n) is 18.2. The number of nitrogens with zero attached hydrogens (tertiary/aromatic N) is 1. The number of benzene rings is 1. The molecule has 0 spiro atoms. The maximum absolute atomic E-state index is 12.7. The van der Waals surface area contributed by atoms with E-state index in [9.17, 15) is 18.4 Å². The first kappa shape index (κ1) is 23.9. The highest BCUT2D eigenvalue weighted by atomic mass is 32.1. The van der Waals surface area contributed by atoms with Gasteiger partial charge >= 0.3 is 12.6 Å². The Morgan fingerprint density at radius 1 is 1.19 bits per heavy atom. The molecule has 10 heteroatoms. The van der Waals surface area contributed by atoms with Gasteiger partial charge < -0.3 is 19.5 Å². The van der Waals surface area contributed by atoms with Crippen LogP contribution in [0.4, 0.5) is 13.8 Å². The highest BCUT2D eigenvalue weighted by molar-refractivity contribution is 7.17. The third kappa shape index (κ3) is 5.74. The number of rotatable bonds is 9. The Morgan fingerprint density at radius 2 is 1.94 bits per heavy atom. The molecule has 1 aromatic carbocycles. The van der Waals surface area contributed by atoms with Gasteiger partial charge in [-0.25, -0.2) is 4.79 Å². The van der Waals surface area contributed by atoms with Crippen molar-refractivity contribution < 1.29 is 32.6 Å². The lowest BCUT2D eigenvalue weighted by molar-refractivity contribution is -0.117. The molecule has 0 bridgehead atoms.